The number of ketones is 1. The number of H-pyrrole nitrogens is 2. The maximum Gasteiger partial charge on any atom is 0.311 e. The molecule has 12 rings (SSSR count). The third kappa shape index (κ3) is 25.2. The van der Waals surface area contributed by atoms with E-state index >= 15 is 0 Å². The number of nitrogens with one attached hydrogen (secondary N) is 6. The van der Waals surface area contributed by atoms with Crippen LogP contribution in [0.4, 0.5) is 35.2 Å². The first-order chi connectivity index (χ1) is 43.1. The van der Waals surface area contributed by atoms with Crippen LogP contribution in [0.3, 0.4) is 0 Å². The molecule has 4 aliphatic carbocycles. The second-order valence-corrected chi connectivity index (χ2v) is 26.9. The van der Waals surface area contributed by atoms with Crippen molar-refractivity contribution in [2.24, 2.45) is 29.2 Å². The van der Waals surface area contributed by atoms with E-state index in [-0.39, 0.29) is 11.2 Å². The summed E-state index contributed by atoms with van der Waals surface area (Å²) in [5.74, 6) is 8.34. The highest BCUT2D eigenvalue weighted by Crippen LogP contribution is 2.36. The number of hydrogen-bond donors (Lipinski definition) is 8. The third-order valence-electron chi connectivity index (χ3n) is 18.8. The fraction of sp³-hybridized carbons (Fsp3) is 0.657. The highest BCUT2D eigenvalue weighted by molar-refractivity contribution is 6.62. The number of Topliss-reactive ketones (excluding diaryl/α,β-unsaturated/α-hetero) is 1. The average Bonchev–Trinajstić information content (AvgIpc) is 4.11. The molecule has 0 unspecified atom stereocenters. The molecule has 10 N–H and O–H groups in total. The second kappa shape index (κ2) is 36.7. The van der Waals surface area contributed by atoms with Gasteiger partial charge in [0.05, 0.1) is 0 Å². The molecule has 4 saturated carbocycles. The molecular weight excluding hydrogens is 1140 g/mol. The number of para-hydroxylation sites is 1. The average molecular weight is 1250 g/mol. The first-order valence-electron chi connectivity index (χ1n) is 33.5. The summed E-state index contributed by atoms with van der Waals surface area (Å²) in [5.41, 5.74) is 14.1. The van der Waals surface area contributed by atoms with E-state index in [1.807, 2.05) is 42.5 Å². The molecule has 0 bridgehead atoms. The van der Waals surface area contributed by atoms with Crippen molar-refractivity contribution in [3.8, 4) is 5.75 Å². The van der Waals surface area contributed by atoms with Crippen LogP contribution < -0.4 is 37.5 Å². The lowest BCUT2D eigenvalue weighted by Crippen LogP contribution is -2.37. The maximum atomic E-state index is 12.6. The number of hydrogen-bond acceptors (Lipinski definition) is 19. The van der Waals surface area contributed by atoms with Crippen molar-refractivity contribution in [1.82, 2.24) is 55.0 Å². The van der Waals surface area contributed by atoms with Crippen molar-refractivity contribution >= 4 is 63.8 Å². The van der Waals surface area contributed by atoms with Gasteiger partial charge in [-0.05, 0) is 230 Å². The van der Waals surface area contributed by atoms with Gasteiger partial charge in [-0.2, -0.15) is 20.2 Å². The van der Waals surface area contributed by atoms with E-state index in [1.165, 1.54) is 108 Å². The van der Waals surface area contributed by atoms with Crippen LogP contribution in [0, 0.1) is 17.8 Å². The van der Waals surface area contributed by atoms with Crippen LogP contribution in [-0.4, -0.2) is 157 Å². The first kappa shape index (κ1) is 68.8. The summed E-state index contributed by atoms with van der Waals surface area (Å²) in [7, 11) is 6.44. The van der Waals surface area contributed by atoms with Gasteiger partial charge in [-0.25, -0.2) is 9.97 Å². The number of aromatic nitrogens is 8. The number of benzene rings is 1. The Labute approximate surface area is 534 Å². The van der Waals surface area contributed by atoms with Gasteiger partial charge in [0.15, 0.2) is 11.6 Å². The molecule has 0 radical (unpaired) electrons. The number of piperidine rings is 3. The molecule has 488 valence electrons. The van der Waals surface area contributed by atoms with Crippen LogP contribution in [0.2, 0.25) is 0 Å². The number of carbonyl (C=O) groups is 3. The molecule has 7 heterocycles. The number of likely N-dealkylation sites (tertiary alicyclic amines) is 3. The Balaban J connectivity index is 0.000000165. The van der Waals surface area contributed by atoms with Crippen LogP contribution in [0.1, 0.15) is 191 Å². The van der Waals surface area contributed by atoms with Gasteiger partial charge in [0.2, 0.25) is 17.1 Å². The Morgan fingerprint density at radius 2 is 0.921 bits per heavy atom. The van der Waals surface area contributed by atoms with Gasteiger partial charge in [-0.3, -0.25) is 24.6 Å². The molecule has 5 aromatic rings. The summed E-state index contributed by atoms with van der Waals surface area (Å²) in [6.45, 7) is 8.10. The number of halogens is 1. The van der Waals surface area contributed by atoms with Gasteiger partial charge in [-0.1, -0.05) is 43.9 Å². The summed E-state index contributed by atoms with van der Waals surface area (Å²) >= 11 is 4.64. The Morgan fingerprint density at radius 3 is 1.36 bits per heavy atom. The lowest BCUT2D eigenvalue weighted by atomic mass is 9.81. The highest BCUT2D eigenvalue weighted by atomic mass is 35.5. The zero-order valence-electron chi connectivity index (χ0n) is 53.7. The van der Waals surface area contributed by atoms with E-state index < -0.39 is 0 Å². The van der Waals surface area contributed by atoms with Crippen molar-refractivity contribution < 1.29 is 19.1 Å². The quantitative estimate of drug-likeness (QED) is 0.0244. The predicted molar refractivity (Wildman–Crippen MR) is 356 cm³/mol. The molecule has 1 aromatic carbocycles. The molecule has 0 atom stereocenters. The van der Waals surface area contributed by atoms with E-state index in [0.29, 0.717) is 83.6 Å². The highest BCUT2D eigenvalue weighted by Gasteiger charge is 2.27. The van der Waals surface area contributed by atoms with E-state index in [9.17, 15) is 14.4 Å². The van der Waals surface area contributed by atoms with Gasteiger partial charge in [0.25, 0.3) is 0 Å². The Kier molecular flexibility index (Phi) is 28.3. The fourth-order valence-corrected chi connectivity index (χ4v) is 13.3. The molecule has 0 spiro atoms. The summed E-state index contributed by atoms with van der Waals surface area (Å²) < 4.78 is 5.29. The summed E-state index contributed by atoms with van der Waals surface area (Å²) in [6, 6.07) is 18.8. The van der Waals surface area contributed by atoms with Crippen LogP contribution in [0.25, 0.3) is 0 Å². The molecule has 22 heteroatoms. The molecule has 7 aliphatic rings. The number of nitrogens with two attached hydrogens (primary N) is 2. The number of esters is 1. The first-order valence-corrected chi connectivity index (χ1v) is 33.8. The molecule has 3 aliphatic heterocycles. The Hall–Kier alpha value is -6.10. The third-order valence-corrected chi connectivity index (χ3v) is 18.8. The minimum absolute atomic E-state index is 0.106. The van der Waals surface area contributed by atoms with Crippen molar-refractivity contribution in [3.63, 3.8) is 0 Å². The molecule has 0 amide bonds. The zero-order valence-corrected chi connectivity index (χ0v) is 54.4. The largest absolute Gasteiger partial charge is 0.427 e. The maximum absolute atomic E-state index is 12.6. The van der Waals surface area contributed by atoms with Crippen molar-refractivity contribution in [3.05, 3.63) is 78.4 Å². The van der Waals surface area contributed by atoms with Gasteiger partial charge >= 0.3 is 5.97 Å². The number of aromatic amines is 2. The SMILES string of the molecule is CC(=O)Cl.CN1CCC(CC(=O)CC2CCC(Nc3nccc(Nc4cc(C5CCCC5)[nH]n4)n3)CC2)CC1.CN1CCC(CC(=O)Oc2ccccc2)CC1.CN1CCC(N)CC1.NC1CCC(Nc2nccc(Nc3cc(C4CCCC4)[nH]n3)n2)CC1. The second-order valence-electron chi connectivity index (χ2n) is 26.3. The van der Waals surface area contributed by atoms with E-state index in [0.717, 1.165) is 127 Å². The topological polar surface area (TPSA) is 279 Å². The predicted octanol–water partition coefficient (Wildman–Crippen LogP) is 11.7. The lowest BCUT2D eigenvalue weighted by molar-refractivity contribution is -0.135. The normalized spacial score (nSPS) is 22.6. The van der Waals surface area contributed by atoms with E-state index in [2.05, 4.69) is 121 Å². The monoisotopic (exact) mass is 1250 g/mol. The van der Waals surface area contributed by atoms with Gasteiger partial charge in [-0.15, -0.1) is 0 Å². The molecule has 3 saturated heterocycles. The van der Waals surface area contributed by atoms with Crippen LogP contribution in [0.5, 0.6) is 5.75 Å². The van der Waals surface area contributed by atoms with Gasteiger partial charge in [0, 0.05) is 98.1 Å². The van der Waals surface area contributed by atoms with E-state index in [1.54, 1.807) is 12.4 Å². The molecular formula is C67H104ClN17O4. The van der Waals surface area contributed by atoms with Crippen molar-refractivity contribution in [2.45, 2.75) is 203 Å². The molecule has 21 nitrogen and oxygen atoms in total. The smallest absolute Gasteiger partial charge is 0.311 e. The fourth-order valence-electron chi connectivity index (χ4n) is 13.3. The number of anilines is 6. The standard InChI is InChI=1S/C27H41N7O.C18H27N7.C14H19NO2.C6H14N2.C2H3ClO/c1-34-14-11-20(12-15-34)17-23(35)16-19-6-8-22(9-7-19)29-27-28-13-10-25(31-27)30-26-18-24(32-33-26)21-4-2-3-5-21;19-13-5-7-14(8-6-13)21-18-20-10-9-16(23-18)22-17-11-15(24-25-17)12-3-1-2-4-12;1-15-9-7-12(8-10-15)11-14(16)17-13-5-3-2-4-6-13;1-8-4-2-6(7)3-5-8;1-2(3)4/h10,13,18-22H,2-9,11-12,14-17H2,1H3,(H3,28,29,30,31,32,33);9-14H,1-8,19H2,(H3,20,21,22,23,24,25);2-6,12H,7-11H2,1H3;6H,2-5,7H2,1H3;1H3. The van der Waals surface area contributed by atoms with Crippen LogP contribution >= 0.6 is 11.6 Å². The number of rotatable bonds is 17. The van der Waals surface area contributed by atoms with Gasteiger partial charge in [0.1, 0.15) is 23.2 Å². The Morgan fingerprint density at radius 1 is 0.528 bits per heavy atom. The minimum Gasteiger partial charge on any atom is -0.427 e. The molecule has 89 heavy (non-hydrogen) atoms. The zero-order chi connectivity index (χ0) is 62.7. The van der Waals surface area contributed by atoms with Crippen LogP contribution in [-0.2, 0) is 14.4 Å². The molecule has 7 fully saturated rings. The summed E-state index contributed by atoms with van der Waals surface area (Å²) in [5, 5.41) is 28.4. The van der Waals surface area contributed by atoms with Crippen molar-refractivity contribution in [2.75, 3.05) is 81.7 Å². The summed E-state index contributed by atoms with van der Waals surface area (Å²) in [4.78, 5) is 58.6. The summed E-state index contributed by atoms with van der Waals surface area (Å²) in [6.07, 6.45) is 31.4. The Bertz CT molecular complexity index is 2810. The van der Waals surface area contributed by atoms with E-state index in [4.69, 9.17) is 16.2 Å². The number of carbonyl (C=O) groups excluding carboxylic acids is 3. The van der Waals surface area contributed by atoms with Crippen molar-refractivity contribution in [1.29, 1.82) is 0 Å². The van der Waals surface area contributed by atoms with Gasteiger partial charge < -0.3 is 52.2 Å². The minimum atomic E-state index is -0.361. The lowest BCUT2D eigenvalue weighted by Gasteiger charge is -2.30. The van der Waals surface area contributed by atoms with Crippen LogP contribution in [0.15, 0.2) is 67.0 Å². The number of nitrogens with zero attached hydrogens (tertiary/aromatic N) is 9. The molecule has 4 aromatic heterocycles. The number of ether oxygens (including phenoxy) is 1.